The minimum absolute atomic E-state index is 0.119. The molecule has 0 bridgehead atoms. The average Bonchev–Trinajstić information content (AvgIpc) is 2.01. The zero-order valence-electron chi connectivity index (χ0n) is 9.39. The highest BCUT2D eigenvalue weighted by Crippen LogP contribution is 2.40. The second kappa shape index (κ2) is 3.99. The summed E-state index contributed by atoms with van der Waals surface area (Å²) in [5.74, 6) is -0.258. The van der Waals surface area contributed by atoms with Crippen LogP contribution in [0.25, 0.3) is 0 Å². The summed E-state index contributed by atoms with van der Waals surface area (Å²) in [6, 6.07) is 0. The van der Waals surface area contributed by atoms with Crippen molar-refractivity contribution in [1.29, 1.82) is 0 Å². The van der Waals surface area contributed by atoms with Gasteiger partial charge in [-0.05, 0) is 36.3 Å². The van der Waals surface area contributed by atoms with Gasteiger partial charge in [0.1, 0.15) is 0 Å². The minimum atomic E-state index is -0.258. The maximum atomic E-state index is 10.7. The van der Waals surface area contributed by atoms with Gasteiger partial charge in [0.05, 0.1) is 6.26 Å². The van der Waals surface area contributed by atoms with E-state index in [0.717, 1.165) is 18.4 Å². The van der Waals surface area contributed by atoms with Crippen LogP contribution < -0.4 is 0 Å². The Balaban J connectivity index is 2.91. The Morgan fingerprint density at radius 2 is 2.21 bits per heavy atom. The van der Waals surface area contributed by atoms with Crippen LogP contribution in [0.1, 0.15) is 40.5 Å². The molecule has 2 heteroatoms. The number of hydrogen-bond donors (Lipinski definition) is 0. The van der Waals surface area contributed by atoms with E-state index in [1.54, 1.807) is 6.26 Å². The third-order valence-electron chi connectivity index (χ3n) is 2.72. The van der Waals surface area contributed by atoms with Crippen molar-refractivity contribution in [2.24, 2.45) is 5.41 Å². The van der Waals surface area contributed by atoms with Crippen molar-refractivity contribution >= 4 is 5.97 Å². The highest BCUT2D eigenvalue weighted by Gasteiger charge is 2.27. The fourth-order valence-corrected chi connectivity index (χ4v) is 1.82. The highest BCUT2D eigenvalue weighted by atomic mass is 16.5. The molecule has 0 fully saturated rings. The van der Waals surface area contributed by atoms with Crippen molar-refractivity contribution in [3.63, 3.8) is 0 Å². The second-order valence-corrected chi connectivity index (χ2v) is 4.45. The van der Waals surface area contributed by atoms with E-state index in [9.17, 15) is 4.79 Å². The summed E-state index contributed by atoms with van der Waals surface area (Å²) in [7, 11) is 0. The molecular weight excluding hydrogens is 176 g/mol. The smallest absolute Gasteiger partial charge is 0.307 e. The Labute approximate surface area is 85.6 Å². The van der Waals surface area contributed by atoms with Crippen molar-refractivity contribution in [2.75, 3.05) is 0 Å². The summed E-state index contributed by atoms with van der Waals surface area (Å²) in [6.45, 7) is 7.85. The molecule has 0 aromatic heterocycles. The normalized spacial score (nSPS) is 23.1. The number of hydrogen-bond acceptors (Lipinski definition) is 2. The molecule has 0 amide bonds. The molecule has 2 nitrogen and oxygen atoms in total. The van der Waals surface area contributed by atoms with Crippen molar-refractivity contribution in [3.8, 4) is 0 Å². The predicted octanol–water partition coefficient (Wildman–Crippen LogP) is 3.20. The van der Waals surface area contributed by atoms with Crippen LogP contribution in [0.2, 0.25) is 0 Å². The first kappa shape index (κ1) is 11.0. The van der Waals surface area contributed by atoms with Crippen molar-refractivity contribution < 1.29 is 9.53 Å². The van der Waals surface area contributed by atoms with Gasteiger partial charge in [0.2, 0.25) is 0 Å². The molecule has 0 unspecified atom stereocenters. The SMILES string of the molecule is CC(=O)O/C=C1/C(C)=CCCC1(C)C. The summed E-state index contributed by atoms with van der Waals surface area (Å²) in [6.07, 6.45) is 6.02. The molecule has 0 heterocycles. The maximum absolute atomic E-state index is 10.7. The van der Waals surface area contributed by atoms with Crippen molar-refractivity contribution in [2.45, 2.75) is 40.5 Å². The molecule has 0 saturated heterocycles. The molecule has 0 N–H and O–H groups in total. The van der Waals surface area contributed by atoms with Crippen LogP contribution in [0.5, 0.6) is 0 Å². The lowest BCUT2D eigenvalue weighted by Gasteiger charge is -2.31. The summed E-state index contributed by atoms with van der Waals surface area (Å²) in [5.41, 5.74) is 2.48. The maximum Gasteiger partial charge on any atom is 0.307 e. The van der Waals surface area contributed by atoms with Crippen molar-refractivity contribution in [1.82, 2.24) is 0 Å². The lowest BCUT2D eigenvalue weighted by Crippen LogP contribution is -2.19. The Kier molecular flexibility index (Phi) is 3.14. The third-order valence-corrected chi connectivity index (χ3v) is 2.72. The number of rotatable bonds is 1. The van der Waals surface area contributed by atoms with E-state index in [1.807, 2.05) is 0 Å². The summed E-state index contributed by atoms with van der Waals surface area (Å²) < 4.78 is 4.95. The Morgan fingerprint density at radius 1 is 1.57 bits per heavy atom. The molecule has 0 radical (unpaired) electrons. The van der Waals surface area contributed by atoms with Gasteiger partial charge in [0.15, 0.2) is 0 Å². The van der Waals surface area contributed by atoms with Gasteiger partial charge in [-0.1, -0.05) is 19.9 Å². The molecule has 1 aliphatic carbocycles. The zero-order chi connectivity index (χ0) is 10.8. The Bertz CT molecular complexity index is 295. The molecule has 0 aliphatic heterocycles. The molecule has 1 aliphatic rings. The summed E-state index contributed by atoms with van der Waals surface area (Å²) in [5, 5.41) is 0. The molecule has 0 aromatic rings. The van der Waals surface area contributed by atoms with Gasteiger partial charge in [-0.2, -0.15) is 0 Å². The van der Waals surface area contributed by atoms with E-state index in [4.69, 9.17) is 4.74 Å². The fourth-order valence-electron chi connectivity index (χ4n) is 1.82. The monoisotopic (exact) mass is 194 g/mol. The van der Waals surface area contributed by atoms with E-state index in [1.165, 1.54) is 12.5 Å². The largest absolute Gasteiger partial charge is 0.434 e. The molecule has 0 aromatic carbocycles. The number of ether oxygens (including phenoxy) is 1. The number of carbonyl (C=O) groups excluding carboxylic acids is 1. The van der Waals surface area contributed by atoms with Gasteiger partial charge < -0.3 is 4.74 Å². The van der Waals surface area contributed by atoms with Crippen LogP contribution in [0.3, 0.4) is 0 Å². The van der Waals surface area contributed by atoms with E-state index >= 15 is 0 Å². The van der Waals surface area contributed by atoms with Crippen LogP contribution in [-0.2, 0) is 9.53 Å². The van der Waals surface area contributed by atoms with Crippen LogP contribution in [0.15, 0.2) is 23.5 Å². The first-order valence-electron chi connectivity index (χ1n) is 4.98. The van der Waals surface area contributed by atoms with Crippen molar-refractivity contribution in [3.05, 3.63) is 23.5 Å². The van der Waals surface area contributed by atoms with Gasteiger partial charge in [-0.15, -0.1) is 0 Å². The van der Waals surface area contributed by atoms with E-state index in [0.29, 0.717) is 0 Å². The Morgan fingerprint density at radius 3 is 2.71 bits per heavy atom. The number of esters is 1. The standard InChI is InChI=1S/C12H18O2/c1-9-6-5-7-12(3,4)11(9)8-14-10(2)13/h6,8H,5,7H2,1-4H3/b11-8-. The second-order valence-electron chi connectivity index (χ2n) is 4.45. The van der Waals surface area contributed by atoms with Crippen LogP contribution in [0, 0.1) is 5.41 Å². The summed E-state index contributed by atoms with van der Waals surface area (Å²) in [4.78, 5) is 10.7. The van der Waals surface area contributed by atoms with Gasteiger partial charge >= 0.3 is 5.97 Å². The molecule has 14 heavy (non-hydrogen) atoms. The lowest BCUT2D eigenvalue weighted by molar-refractivity contribution is -0.135. The van der Waals surface area contributed by atoms with E-state index in [2.05, 4.69) is 26.8 Å². The van der Waals surface area contributed by atoms with Gasteiger partial charge in [-0.3, -0.25) is 4.79 Å². The van der Waals surface area contributed by atoms with Gasteiger partial charge in [0.25, 0.3) is 0 Å². The quantitative estimate of drug-likeness (QED) is 0.473. The predicted molar refractivity (Wildman–Crippen MR) is 56.6 cm³/mol. The topological polar surface area (TPSA) is 26.3 Å². The van der Waals surface area contributed by atoms with Crippen LogP contribution in [0.4, 0.5) is 0 Å². The van der Waals surface area contributed by atoms with Crippen LogP contribution in [-0.4, -0.2) is 5.97 Å². The van der Waals surface area contributed by atoms with Gasteiger partial charge in [0, 0.05) is 6.92 Å². The summed E-state index contributed by atoms with van der Waals surface area (Å²) >= 11 is 0. The first-order chi connectivity index (χ1) is 6.43. The fraction of sp³-hybridized carbons (Fsp3) is 0.583. The van der Waals surface area contributed by atoms with Gasteiger partial charge in [-0.25, -0.2) is 0 Å². The molecule has 0 atom stereocenters. The van der Waals surface area contributed by atoms with E-state index < -0.39 is 0 Å². The molecule has 1 rings (SSSR count). The molecule has 0 spiro atoms. The van der Waals surface area contributed by atoms with Crippen LogP contribution >= 0.6 is 0 Å². The third kappa shape index (κ3) is 2.47. The number of allylic oxidation sites excluding steroid dienone is 3. The minimum Gasteiger partial charge on any atom is -0.434 e. The zero-order valence-corrected chi connectivity index (χ0v) is 9.39. The lowest BCUT2D eigenvalue weighted by atomic mass is 9.74. The first-order valence-corrected chi connectivity index (χ1v) is 4.98. The number of carbonyl (C=O) groups is 1. The molecule has 78 valence electrons. The average molecular weight is 194 g/mol. The Hall–Kier alpha value is -1.05. The molecular formula is C12H18O2. The highest BCUT2D eigenvalue weighted by molar-refractivity contribution is 5.66. The molecule has 0 saturated carbocycles. The van der Waals surface area contributed by atoms with E-state index in [-0.39, 0.29) is 11.4 Å².